The summed E-state index contributed by atoms with van der Waals surface area (Å²) in [6, 6.07) is 7.42. The normalized spacial score (nSPS) is 12.1. The van der Waals surface area contributed by atoms with E-state index < -0.39 is 0 Å². The van der Waals surface area contributed by atoms with Gasteiger partial charge in [-0.2, -0.15) is 0 Å². The van der Waals surface area contributed by atoms with Crippen LogP contribution in [0.3, 0.4) is 0 Å². The van der Waals surface area contributed by atoms with Crippen molar-refractivity contribution in [2.45, 2.75) is 25.8 Å². The minimum atomic E-state index is 0.0127. The van der Waals surface area contributed by atoms with E-state index in [1.54, 1.807) is 19.2 Å². The summed E-state index contributed by atoms with van der Waals surface area (Å²) >= 11 is 0. The van der Waals surface area contributed by atoms with E-state index in [9.17, 15) is 4.79 Å². The first-order valence-corrected chi connectivity index (χ1v) is 5.78. The zero-order valence-corrected chi connectivity index (χ0v) is 10.4. The van der Waals surface area contributed by atoms with Crippen molar-refractivity contribution in [1.82, 2.24) is 5.32 Å². The van der Waals surface area contributed by atoms with Crippen molar-refractivity contribution < 1.29 is 9.53 Å². The molecule has 4 heteroatoms. The largest absolute Gasteiger partial charge is 0.399 e. The highest BCUT2D eigenvalue weighted by Gasteiger charge is 2.10. The number of nitrogens with two attached hydrogens (primary N) is 1. The van der Waals surface area contributed by atoms with Gasteiger partial charge < -0.3 is 15.8 Å². The van der Waals surface area contributed by atoms with Gasteiger partial charge in [0.1, 0.15) is 0 Å². The van der Waals surface area contributed by atoms with Crippen molar-refractivity contribution >= 4 is 11.6 Å². The molecule has 0 aromatic heterocycles. The molecule has 1 rings (SSSR count). The second-order valence-corrected chi connectivity index (χ2v) is 4.05. The molecule has 1 aromatic carbocycles. The van der Waals surface area contributed by atoms with Gasteiger partial charge in [-0.15, -0.1) is 0 Å². The van der Waals surface area contributed by atoms with Gasteiger partial charge in [-0.25, -0.2) is 0 Å². The highest BCUT2D eigenvalue weighted by molar-refractivity contribution is 5.79. The van der Waals surface area contributed by atoms with Crippen molar-refractivity contribution in [3.63, 3.8) is 0 Å². The number of hydrogen-bond acceptors (Lipinski definition) is 3. The molecular weight excluding hydrogens is 216 g/mol. The molecule has 0 spiro atoms. The second-order valence-electron chi connectivity index (χ2n) is 4.05. The number of benzene rings is 1. The van der Waals surface area contributed by atoms with Crippen molar-refractivity contribution in [3.8, 4) is 0 Å². The number of amides is 1. The zero-order valence-electron chi connectivity index (χ0n) is 10.4. The Kier molecular flexibility index (Phi) is 5.49. The van der Waals surface area contributed by atoms with E-state index in [0.29, 0.717) is 18.7 Å². The van der Waals surface area contributed by atoms with Crippen LogP contribution in [0.25, 0.3) is 0 Å². The predicted molar refractivity (Wildman–Crippen MR) is 68.7 cm³/mol. The average molecular weight is 236 g/mol. The van der Waals surface area contributed by atoms with Crippen LogP contribution in [0.4, 0.5) is 5.69 Å². The fraction of sp³-hybridized carbons (Fsp3) is 0.462. The summed E-state index contributed by atoms with van der Waals surface area (Å²) in [4.78, 5) is 11.7. The first-order valence-electron chi connectivity index (χ1n) is 5.78. The molecule has 0 aliphatic heterocycles. The number of rotatable bonds is 6. The first-order chi connectivity index (χ1) is 8.15. The maximum absolute atomic E-state index is 11.7. The number of carbonyl (C=O) groups excluding carboxylic acids is 1. The summed E-state index contributed by atoms with van der Waals surface area (Å²) in [6.07, 6.45) is 1.24. The van der Waals surface area contributed by atoms with Crippen LogP contribution in [0.2, 0.25) is 0 Å². The fourth-order valence-electron chi connectivity index (χ4n) is 1.56. The Hall–Kier alpha value is -1.55. The summed E-state index contributed by atoms with van der Waals surface area (Å²) in [5, 5.41) is 2.94. The van der Waals surface area contributed by atoms with Crippen molar-refractivity contribution in [1.29, 1.82) is 0 Å². The monoisotopic (exact) mass is 236 g/mol. The minimum Gasteiger partial charge on any atom is -0.399 e. The van der Waals surface area contributed by atoms with E-state index in [4.69, 9.17) is 10.5 Å². The topological polar surface area (TPSA) is 64.3 Å². The number of carbonyl (C=O) groups is 1. The van der Waals surface area contributed by atoms with Crippen LogP contribution >= 0.6 is 0 Å². The molecule has 1 unspecified atom stereocenters. The summed E-state index contributed by atoms with van der Waals surface area (Å²) in [5.41, 5.74) is 7.25. The van der Waals surface area contributed by atoms with Crippen LogP contribution in [-0.4, -0.2) is 25.7 Å². The summed E-state index contributed by atoms with van der Waals surface area (Å²) in [7, 11) is 1.63. The molecule has 0 saturated heterocycles. The maximum atomic E-state index is 11.7. The van der Waals surface area contributed by atoms with E-state index in [-0.39, 0.29) is 11.9 Å². The minimum absolute atomic E-state index is 0.0127. The summed E-state index contributed by atoms with van der Waals surface area (Å²) in [5.74, 6) is 0.0127. The number of nitrogens with one attached hydrogen (secondary N) is 1. The SMILES string of the molecule is CCC(COC)NC(=O)Cc1ccc(N)cc1. The van der Waals surface area contributed by atoms with Crippen LogP contribution < -0.4 is 11.1 Å². The van der Waals surface area contributed by atoms with Gasteiger partial charge in [-0.1, -0.05) is 19.1 Å². The van der Waals surface area contributed by atoms with Crippen molar-refractivity contribution in [2.75, 3.05) is 19.5 Å². The van der Waals surface area contributed by atoms with Gasteiger partial charge in [0.05, 0.1) is 19.1 Å². The molecule has 1 aromatic rings. The van der Waals surface area contributed by atoms with Crippen LogP contribution in [0.5, 0.6) is 0 Å². The molecule has 0 radical (unpaired) electrons. The lowest BCUT2D eigenvalue weighted by Crippen LogP contribution is -2.38. The first kappa shape index (κ1) is 13.5. The quantitative estimate of drug-likeness (QED) is 0.733. The average Bonchev–Trinajstić information content (AvgIpc) is 2.31. The fourth-order valence-corrected chi connectivity index (χ4v) is 1.56. The van der Waals surface area contributed by atoms with Gasteiger partial charge in [0.15, 0.2) is 0 Å². The van der Waals surface area contributed by atoms with Gasteiger partial charge >= 0.3 is 0 Å². The number of nitrogen functional groups attached to an aromatic ring is 1. The molecule has 0 fully saturated rings. The van der Waals surface area contributed by atoms with Crippen molar-refractivity contribution in [2.24, 2.45) is 0 Å². The van der Waals surface area contributed by atoms with Gasteiger partial charge in [0.2, 0.25) is 5.91 Å². The standard InChI is InChI=1S/C13H20N2O2/c1-3-12(9-17-2)15-13(16)8-10-4-6-11(14)7-5-10/h4-7,12H,3,8-9,14H2,1-2H3,(H,15,16). The Morgan fingerprint density at radius 2 is 2.06 bits per heavy atom. The van der Waals surface area contributed by atoms with E-state index in [1.807, 2.05) is 19.1 Å². The van der Waals surface area contributed by atoms with Crippen LogP contribution in [0, 0.1) is 0 Å². The second kappa shape index (κ2) is 6.91. The van der Waals surface area contributed by atoms with Gasteiger partial charge in [0, 0.05) is 12.8 Å². The van der Waals surface area contributed by atoms with E-state index in [0.717, 1.165) is 12.0 Å². The molecule has 0 saturated carbocycles. The van der Waals surface area contributed by atoms with E-state index in [1.165, 1.54) is 0 Å². The molecule has 0 bridgehead atoms. The van der Waals surface area contributed by atoms with Gasteiger partial charge in [-0.05, 0) is 24.1 Å². The molecule has 17 heavy (non-hydrogen) atoms. The Morgan fingerprint density at radius 1 is 1.41 bits per heavy atom. The molecule has 0 aliphatic rings. The smallest absolute Gasteiger partial charge is 0.224 e. The van der Waals surface area contributed by atoms with Gasteiger partial charge in [-0.3, -0.25) is 4.79 Å². The molecule has 0 heterocycles. The van der Waals surface area contributed by atoms with Crippen LogP contribution in [0.1, 0.15) is 18.9 Å². The summed E-state index contributed by atoms with van der Waals surface area (Å²) < 4.78 is 5.03. The molecule has 1 amide bonds. The third kappa shape index (κ3) is 4.87. The molecular formula is C13H20N2O2. The number of hydrogen-bond donors (Lipinski definition) is 2. The van der Waals surface area contributed by atoms with E-state index >= 15 is 0 Å². The highest BCUT2D eigenvalue weighted by atomic mass is 16.5. The molecule has 94 valence electrons. The predicted octanol–water partition coefficient (Wildman–Crippen LogP) is 1.35. The highest BCUT2D eigenvalue weighted by Crippen LogP contribution is 2.06. The van der Waals surface area contributed by atoms with E-state index in [2.05, 4.69) is 5.32 Å². The van der Waals surface area contributed by atoms with Gasteiger partial charge in [0.25, 0.3) is 0 Å². The number of anilines is 1. The molecule has 0 aliphatic carbocycles. The van der Waals surface area contributed by atoms with Crippen LogP contribution in [0.15, 0.2) is 24.3 Å². The lowest BCUT2D eigenvalue weighted by molar-refractivity contribution is -0.121. The van der Waals surface area contributed by atoms with Crippen LogP contribution in [-0.2, 0) is 16.0 Å². The molecule has 1 atom stereocenters. The molecule has 3 N–H and O–H groups in total. The summed E-state index contributed by atoms with van der Waals surface area (Å²) in [6.45, 7) is 2.57. The maximum Gasteiger partial charge on any atom is 0.224 e. The Bertz CT molecular complexity index is 349. The molecule has 4 nitrogen and oxygen atoms in total. The van der Waals surface area contributed by atoms with Crippen molar-refractivity contribution in [3.05, 3.63) is 29.8 Å². The lowest BCUT2D eigenvalue weighted by atomic mass is 10.1. The zero-order chi connectivity index (χ0) is 12.7. The third-order valence-electron chi connectivity index (χ3n) is 2.57. The Balaban J connectivity index is 2.46. The lowest BCUT2D eigenvalue weighted by Gasteiger charge is -2.15. The third-order valence-corrected chi connectivity index (χ3v) is 2.57. The Morgan fingerprint density at radius 3 is 2.59 bits per heavy atom. The number of methoxy groups -OCH3 is 1. The number of ether oxygens (including phenoxy) is 1. The Labute approximate surface area is 102 Å².